The van der Waals surface area contributed by atoms with Gasteiger partial charge in [0.15, 0.2) is 0 Å². The molecule has 129 valence electrons. The molecule has 0 aliphatic carbocycles. The number of aliphatic hydroxyl groups is 1. The summed E-state index contributed by atoms with van der Waals surface area (Å²) in [6.45, 7) is 2.44. The zero-order valence-electron chi connectivity index (χ0n) is 14.3. The number of rotatable bonds is 13. The van der Waals surface area contributed by atoms with Crippen LogP contribution in [0.3, 0.4) is 0 Å². The second kappa shape index (κ2) is 12.1. The van der Waals surface area contributed by atoms with Gasteiger partial charge in [0.2, 0.25) is 0 Å². The number of hydrogen-bond donors (Lipinski definition) is 1. The van der Waals surface area contributed by atoms with Crippen molar-refractivity contribution in [3.8, 4) is 0 Å². The number of nitro benzene ring substituents is 1. The van der Waals surface area contributed by atoms with E-state index in [2.05, 4.69) is 6.92 Å². The molecule has 0 saturated carbocycles. The molecule has 0 bridgehead atoms. The normalized spacial score (nSPS) is 11.1. The summed E-state index contributed by atoms with van der Waals surface area (Å²) in [6, 6.07) is 6.85. The quantitative estimate of drug-likeness (QED) is 0.299. The van der Waals surface area contributed by atoms with Crippen molar-refractivity contribution in [3.05, 3.63) is 45.9 Å². The molecule has 0 fully saturated rings. The van der Waals surface area contributed by atoms with Crippen LogP contribution < -0.4 is 0 Å². The minimum Gasteiger partial charge on any atom is -0.396 e. The maximum Gasteiger partial charge on any atom is 0.269 e. The molecule has 4 nitrogen and oxygen atoms in total. The Morgan fingerprint density at radius 1 is 0.913 bits per heavy atom. The average Bonchev–Trinajstić information content (AvgIpc) is 2.56. The molecule has 0 aliphatic rings. The van der Waals surface area contributed by atoms with Crippen molar-refractivity contribution in [2.45, 2.75) is 71.1 Å². The van der Waals surface area contributed by atoms with Crippen LogP contribution in [0.5, 0.6) is 0 Å². The van der Waals surface area contributed by atoms with E-state index in [0.717, 1.165) is 24.8 Å². The molecule has 0 aliphatic heterocycles. The Bertz CT molecular complexity index is 431. The van der Waals surface area contributed by atoms with Gasteiger partial charge in [-0.15, -0.1) is 0 Å². The van der Waals surface area contributed by atoms with Gasteiger partial charge in [0.25, 0.3) is 5.69 Å². The Morgan fingerprint density at radius 2 is 1.39 bits per heavy atom. The van der Waals surface area contributed by atoms with E-state index in [9.17, 15) is 10.1 Å². The number of nitro groups is 1. The molecule has 0 spiro atoms. The van der Waals surface area contributed by atoms with Crippen molar-refractivity contribution in [2.75, 3.05) is 6.61 Å². The second-order valence-electron chi connectivity index (χ2n) is 6.24. The van der Waals surface area contributed by atoms with Gasteiger partial charge in [0.05, 0.1) is 4.92 Å². The van der Waals surface area contributed by atoms with Crippen LogP contribution in [0.4, 0.5) is 5.69 Å². The van der Waals surface area contributed by atoms with Crippen LogP contribution in [-0.2, 0) is 0 Å². The monoisotopic (exact) mass is 320 g/mol. The molecule has 1 N–H and O–H groups in total. The van der Waals surface area contributed by atoms with Gasteiger partial charge in [-0.1, -0.05) is 70.4 Å². The Kier molecular flexibility index (Phi) is 10.3. The van der Waals surface area contributed by atoms with Gasteiger partial charge in [-0.3, -0.25) is 10.1 Å². The largest absolute Gasteiger partial charge is 0.396 e. The summed E-state index contributed by atoms with van der Waals surface area (Å²) >= 11 is 0. The molecule has 0 unspecified atom stereocenters. The van der Waals surface area contributed by atoms with E-state index < -0.39 is 0 Å². The highest BCUT2D eigenvalue weighted by molar-refractivity contribution is 5.38. The molecule has 0 amide bonds. The van der Waals surface area contributed by atoms with Gasteiger partial charge in [-0.2, -0.15) is 0 Å². The van der Waals surface area contributed by atoms with E-state index in [1.807, 2.05) is 12.1 Å². The topological polar surface area (TPSA) is 63.4 Å². The third-order valence-electron chi connectivity index (χ3n) is 4.28. The molecule has 1 aromatic rings. The fourth-order valence-corrected chi connectivity index (χ4v) is 2.75. The third kappa shape index (κ3) is 8.70. The highest BCUT2D eigenvalue weighted by Crippen LogP contribution is 2.23. The van der Waals surface area contributed by atoms with Crippen molar-refractivity contribution < 1.29 is 10.0 Å². The Morgan fingerprint density at radius 3 is 1.87 bits per heavy atom. The molecule has 1 radical (unpaired) electrons. The first-order valence-electron chi connectivity index (χ1n) is 8.83. The molecule has 0 heterocycles. The van der Waals surface area contributed by atoms with Gasteiger partial charge >= 0.3 is 0 Å². The van der Waals surface area contributed by atoms with Crippen molar-refractivity contribution in [1.82, 2.24) is 0 Å². The Labute approximate surface area is 140 Å². The lowest BCUT2D eigenvalue weighted by Gasteiger charge is -2.10. The molecule has 1 rings (SSSR count). The van der Waals surface area contributed by atoms with Gasteiger partial charge in [0, 0.05) is 24.7 Å². The number of aliphatic hydroxyl groups excluding tert-OH is 1. The molecular weight excluding hydrogens is 290 g/mol. The van der Waals surface area contributed by atoms with Gasteiger partial charge in [-0.05, 0) is 18.4 Å². The lowest BCUT2D eigenvalue weighted by molar-refractivity contribution is -0.384. The summed E-state index contributed by atoms with van der Waals surface area (Å²) in [5.41, 5.74) is 1.26. The molecule has 4 heteroatoms. The Balaban J connectivity index is 2.05. The standard InChI is InChI=1S/C19H30NO3/c1-17(18-12-14-19(15-13-18)20(22)23)11-9-7-5-3-2-4-6-8-10-16-21/h12-15,21H,2-11,16H2,1H3. The summed E-state index contributed by atoms with van der Waals surface area (Å²) < 4.78 is 0. The predicted octanol–water partition coefficient (Wildman–Crippen LogP) is 5.43. The van der Waals surface area contributed by atoms with E-state index in [1.54, 1.807) is 12.1 Å². The van der Waals surface area contributed by atoms with Crippen LogP contribution in [0.15, 0.2) is 24.3 Å². The number of hydrogen-bond acceptors (Lipinski definition) is 3. The van der Waals surface area contributed by atoms with Crippen LogP contribution in [0.25, 0.3) is 0 Å². The first kappa shape index (κ1) is 19.6. The summed E-state index contributed by atoms with van der Waals surface area (Å²) in [4.78, 5) is 10.3. The minimum atomic E-state index is -0.358. The number of unbranched alkanes of at least 4 members (excludes halogenated alkanes) is 8. The molecule has 23 heavy (non-hydrogen) atoms. The lowest BCUT2D eigenvalue weighted by atomic mass is 9.94. The van der Waals surface area contributed by atoms with Gasteiger partial charge < -0.3 is 5.11 Å². The van der Waals surface area contributed by atoms with Crippen LogP contribution in [0.2, 0.25) is 0 Å². The van der Waals surface area contributed by atoms with Crippen LogP contribution in [-0.4, -0.2) is 16.6 Å². The highest BCUT2D eigenvalue weighted by atomic mass is 16.6. The van der Waals surface area contributed by atoms with E-state index in [4.69, 9.17) is 5.11 Å². The third-order valence-corrected chi connectivity index (χ3v) is 4.28. The van der Waals surface area contributed by atoms with Crippen molar-refractivity contribution >= 4 is 5.69 Å². The van der Waals surface area contributed by atoms with Crippen LogP contribution >= 0.6 is 0 Å². The zero-order valence-corrected chi connectivity index (χ0v) is 14.3. The average molecular weight is 320 g/mol. The summed E-state index contributed by atoms with van der Waals surface area (Å²) in [7, 11) is 0. The van der Waals surface area contributed by atoms with Crippen LogP contribution in [0.1, 0.15) is 76.7 Å². The van der Waals surface area contributed by atoms with Crippen molar-refractivity contribution in [3.63, 3.8) is 0 Å². The summed E-state index contributed by atoms with van der Waals surface area (Å²) in [5.74, 6) is 1.31. The molecule has 0 aromatic heterocycles. The fourth-order valence-electron chi connectivity index (χ4n) is 2.75. The van der Waals surface area contributed by atoms with Gasteiger partial charge in [0.1, 0.15) is 0 Å². The molecule has 0 saturated heterocycles. The summed E-state index contributed by atoms with van der Waals surface area (Å²) in [6.07, 6.45) is 12.0. The first-order chi connectivity index (χ1) is 11.1. The van der Waals surface area contributed by atoms with E-state index in [1.165, 1.54) is 50.9 Å². The minimum absolute atomic E-state index is 0.153. The SMILES string of the molecule is C[C](CCCCCCCCCCCO)c1ccc([N+](=O)[O-])cc1. The molecule has 0 atom stereocenters. The smallest absolute Gasteiger partial charge is 0.269 e. The van der Waals surface area contributed by atoms with E-state index in [0.29, 0.717) is 6.61 Å². The van der Waals surface area contributed by atoms with Gasteiger partial charge in [-0.25, -0.2) is 0 Å². The highest BCUT2D eigenvalue weighted by Gasteiger charge is 2.09. The van der Waals surface area contributed by atoms with Crippen molar-refractivity contribution in [1.29, 1.82) is 0 Å². The maximum atomic E-state index is 10.6. The van der Waals surface area contributed by atoms with Crippen molar-refractivity contribution in [2.24, 2.45) is 0 Å². The van der Waals surface area contributed by atoms with Crippen LogP contribution in [0, 0.1) is 16.0 Å². The number of benzene rings is 1. The molecular formula is C19H30NO3. The lowest BCUT2D eigenvalue weighted by Crippen LogP contribution is -1.96. The predicted molar refractivity (Wildman–Crippen MR) is 94.4 cm³/mol. The first-order valence-corrected chi connectivity index (χ1v) is 8.83. The molecule has 1 aromatic carbocycles. The number of nitrogens with zero attached hydrogens (tertiary/aromatic N) is 1. The van der Waals surface area contributed by atoms with E-state index >= 15 is 0 Å². The fraction of sp³-hybridized carbons (Fsp3) is 0.632. The second-order valence-corrected chi connectivity index (χ2v) is 6.24. The summed E-state index contributed by atoms with van der Waals surface area (Å²) in [5, 5.41) is 19.3. The maximum absolute atomic E-state index is 10.6. The van der Waals surface area contributed by atoms with E-state index in [-0.39, 0.29) is 10.6 Å². The zero-order chi connectivity index (χ0) is 16.9. The Hall–Kier alpha value is -1.42. The number of non-ortho nitro benzene ring substituents is 1.